The van der Waals surface area contributed by atoms with Gasteiger partial charge in [0.15, 0.2) is 5.71 Å². The molecule has 0 aromatic heterocycles. The summed E-state index contributed by atoms with van der Waals surface area (Å²) in [7, 11) is 6.07. The van der Waals surface area contributed by atoms with E-state index in [2.05, 4.69) is 103 Å². The Hall–Kier alpha value is -2.58. The standard InChI is InChI=1S/C22H22N2.ClH/c1-23-20-13-9-18(10-14-20)22(17-7-5-4-6-8-17)19-11-15-21(16-12-19)24(2)3;/h4-16H,1-3H3;1H/p+1. The van der Waals surface area contributed by atoms with Gasteiger partial charge >= 0.3 is 0 Å². The molecule has 128 valence electrons. The molecule has 25 heavy (non-hydrogen) atoms. The van der Waals surface area contributed by atoms with Crippen molar-refractivity contribution in [2.45, 2.75) is 0 Å². The van der Waals surface area contributed by atoms with Crippen molar-refractivity contribution in [2.75, 3.05) is 26.5 Å². The molecule has 3 rings (SSSR count). The number of anilines is 1. The molecule has 0 heterocycles. The minimum absolute atomic E-state index is 0. The summed E-state index contributed by atoms with van der Waals surface area (Å²) in [5, 5.41) is 3.18. The Bertz CT molecular complexity index is 819. The minimum atomic E-state index is 0. The van der Waals surface area contributed by atoms with E-state index in [1.54, 1.807) is 0 Å². The van der Waals surface area contributed by atoms with Crippen molar-refractivity contribution in [3.63, 3.8) is 0 Å². The van der Waals surface area contributed by atoms with Gasteiger partial charge in [0, 0.05) is 24.9 Å². The van der Waals surface area contributed by atoms with Crippen molar-refractivity contribution in [3.05, 3.63) is 95.6 Å². The number of allylic oxidation sites excluding steroid dienone is 5. The van der Waals surface area contributed by atoms with E-state index in [0.29, 0.717) is 0 Å². The molecule has 0 aliphatic heterocycles. The predicted molar refractivity (Wildman–Crippen MR) is 111 cm³/mol. The van der Waals surface area contributed by atoms with Gasteiger partial charge in [-0.05, 0) is 46.6 Å². The van der Waals surface area contributed by atoms with E-state index in [1.165, 1.54) is 28.0 Å². The molecular weight excluding hydrogens is 328 g/mol. The van der Waals surface area contributed by atoms with Crippen LogP contribution >= 0.6 is 12.4 Å². The van der Waals surface area contributed by atoms with Crippen LogP contribution < -0.4 is 5.32 Å². The van der Waals surface area contributed by atoms with Gasteiger partial charge in [0.25, 0.3) is 0 Å². The van der Waals surface area contributed by atoms with E-state index < -0.39 is 0 Å². The number of hydrogen-bond acceptors (Lipinski definition) is 1. The summed E-state index contributed by atoms with van der Waals surface area (Å²) in [5.74, 6) is 0. The first kappa shape index (κ1) is 18.8. The Morgan fingerprint density at radius 1 is 0.760 bits per heavy atom. The van der Waals surface area contributed by atoms with E-state index in [9.17, 15) is 0 Å². The third kappa shape index (κ3) is 4.28. The molecule has 0 unspecified atom stereocenters. The van der Waals surface area contributed by atoms with E-state index in [-0.39, 0.29) is 12.4 Å². The van der Waals surface area contributed by atoms with Gasteiger partial charge in [0.1, 0.15) is 14.1 Å². The van der Waals surface area contributed by atoms with Crippen LogP contribution in [0.4, 0.5) is 5.69 Å². The second-order valence-corrected chi connectivity index (χ2v) is 6.01. The first-order valence-corrected chi connectivity index (χ1v) is 8.17. The third-order valence-corrected chi connectivity index (χ3v) is 4.20. The van der Waals surface area contributed by atoms with Gasteiger partial charge in [0.05, 0.1) is 0 Å². The normalized spacial score (nSPS) is 12.6. The van der Waals surface area contributed by atoms with Crippen LogP contribution in [-0.4, -0.2) is 31.4 Å². The highest BCUT2D eigenvalue weighted by molar-refractivity contribution is 6.03. The lowest BCUT2D eigenvalue weighted by Crippen LogP contribution is -2.10. The number of halogens is 1. The lowest BCUT2D eigenvalue weighted by atomic mass is 9.91. The Morgan fingerprint density at radius 2 is 1.32 bits per heavy atom. The zero-order chi connectivity index (χ0) is 16.9. The maximum atomic E-state index is 3.18. The number of rotatable bonds is 3. The Labute approximate surface area is 156 Å². The molecule has 0 spiro atoms. The summed E-state index contributed by atoms with van der Waals surface area (Å²) in [6, 6.07) is 19.2. The largest absolute Gasteiger partial charge is 0.388 e. The van der Waals surface area contributed by atoms with E-state index in [0.717, 1.165) is 5.69 Å². The van der Waals surface area contributed by atoms with Crippen molar-refractivity contribution in [2.24, 2.45) is 0 Å². The molecule has 0 fully saturated rings. The fourth-order valence-corrected chi connectivity index (χ4v) is 2.83. The van der Waals surface area contributed by atoms with Crippen LogP contribution in [0, 0.1) is 0 Å². The fraction of sp³-hybridized carbons (Fsp3) is 0.136. The average Bonchev–Trinajstić information content (AvgIpc) is 2.64. The summed E-state index contributed by atoms with van der Waals surface area (Å²) in [5.41, 5.74) is 7.25. The van der Waals surface area contributed by atoms with Crippen LogP contribution in [0.3, 0.4) is 0 Å². The zero-order valence-corrected chi connectivity index (χ0v) is 15.7. The Morgan fingerprint density at radius 3 is 1.84 bits per heavy atom. The molecule has 2 nitrogen and oxygen atoms in total. The molecule has 1 N–H and O–H groups in total. The second-order valence-electron chi connectivity index (χ2n) is 6.01. The molecule has 0 amide bonds. The van der Waals surface area contributed by atoms with Gasteiger partial charge in [-0.15, -0.1) is 12.4 Å². The predicted octanol–water partition coefficient (Wildman–Crippen LogP) is 4.79. The highest BCUT2D eigenvalue weighted by Crippen LogP contribution is 2.30. The van der Waals surface area contributed by atoms with Crippen LogP contribution in [0.15, 0.2) is 84.5 Å². The molecule has 2 aromatic carbocycles. The van der Waals surface area contributed by atoms with Crippen molar-refractivity contribution in [1.82, 2.24) is 0 Å². The molecular formula is C22H24ClN2+. The summed E-state index contributed by atoms with van der Waals surface area (Å²) in [6.45, 7) is 0. The molecule has 0 bridgehead atoms. The van der Waals surface area contributed by atoms with Gasteiger partial charge in [-0.25, -0.2) is 4.58 Å². The number of nitrogens with one attached hydrogen (secondary N) is 1. The van der Waals surface area contributed by atoms with E-state index in [4.69, 9.17) is 0 Å². The van der Waals surface area contributed by atoms with Crippen LogP contribution in [0.1, 0.15) is 11.1 Å². The topological polar surface area (TPSA) is 15.0 Å². The quantitative estimate of drug-likeness (QED) is 0.785. The van der Waals surface area contributed by atoms with Gasteiger partial charge < -0.3 is 5.32 Å². The summed E-state index contributed by atoms with van der Waals surface area (Å²) < 4.78 is 2.12. The van der Waals surface area contributed by atoms with Crippen molar-refractivity contribution in [1.29, 1.82) is 0 Å². The average molecular weight is 352 g/mol. The lowest BCUT2D eigenvalue weighted by Gasteiger charge is -2.14. The summed E-state index contributed by atoms with van der Waals surface area (Å²) in [4.78, 5) is 0. The molecule has 1 aliphatic carbocycles. The minimum Gasteiger partial charge on any atom is -0.388 e. The molecule has 0 atom stereocenters. The zero-order valence-electron chi connectivity index (χ0n) is 14.9. The van der Waals surface area contributed by atoms with Gasteiger partial charge in [-0.2, -0.15) is 0 Å². The van der Waals surface area contributed by atoms with Crippen molar-refractivity contribution < 1.29 is 4.58 Å². The van der Waals surface area contributed by atoms with Crippen LogP contribution in [-0.2, 0) is 0 Å². The van der Waals surface area contributed by atoms with E-state index in [1.807, 2.05) is 7.05 Å². The Balaban J connectivity index is 0.00000225. The van der Waals surface area contributed by atoms with Gasteiger partial charge in [-0.3, -0.25) is 0 Å². The maximum absolute atomic E-state index is 3.18. The first-order chi connectivity index (χ1) is 11.7. The van der Waals surface area contributed by atoms with Crippen LogP contribution in [0.2, 0.25) is 0 Å². The SMILES string of the molecule is CNc1ccc(C(=C2C=CC(=[N+](C)C)C=C2)c2ccccc2)cc1.Cl. The molecule has 0 radical (unpaired) electrons. The summed E-state index contributed by atoms with van der Waals surface area (Å²) >= 11 is 0. The maximum Gasteiger partial charge on any atom is 0.199 e. The summed E-state index contributed by atoms with van der Waals surface area (Å²) in [6.07, 6.45) is 8.73. The van der Waals surface area contributed by atoms with Gasteiger partial charge in [-0.1, -0.05) is 42.5 Å². The highest BCUT2D eigenvalue weighted by atomic mass is 35.5. The molecule has 0 saturated carbocycles. The number of hydrogen-bond donors (Lipinski definition) is 1. The molecule has 0 saturated heterocycles. The smallest absolute Gasteiger partial charge is 0.199 e. The van der Waals surface area contributed by atoms with Gasteiger partial charge in [0.2, 0.25) is 0 Å². The number of nitrogens with zero attached hydrogens (tertiary/aromatic N) is 1. The first-order valence-electron chi connectivity index (χ1n) is 8.17. The molecule has 1 aliphatic rings. The molecule has 2 aromatic rings. The van der Waals surface area contributed by atoms with Crippen molar-refractivity contribution >= 4 is 29.4 Å². The highest BCUT2D eigenvalue weighted by Gasteiger charge is 2.12. The van der Waals surface area contributed by atoms with E-state index >= 15 is 0 Å². The fourth-order valence-electron chi connectivity index (χ4n) is 2.83. The third-order valence-electron chi connectivity index (χ3n) is 4.20. The van der Waals surface area contributed by atoms with Crippen molar-refractivity contribution in [3.8, 4) is 0 Å². The number of benzene rings is 2. The monoisotopic (exact) mass is 351 g/mol. The van der Waals surface area contributed by atoms with Crippen LogP contribution in [0.5, 0.6) is 0 Å². The lowest BCUT2D eigenvalue weighted by molar-refractivity contribution is -0.462. The van der Waals surface area contributed by atoms with Crippen LogP contribution in [0.25, 0.3) is 5.57 Å². The second kappa shape index (κ2) is 8.50. The Kier molecular flexibility index (Phi) is 6.37. The molecule has 3 heteroatoms.